The van der Waals surface area contributed by atoms with E-state index in [0.717, 1.165) is 11.3 Å². The molecule has 0 aromatic heterocycles. The monoisotopic (exact) mass is 343 g/mol. The van der Waals surface area contributed by atoms with Crippen LogP contribution in [0.1, 0.15) is 22.8 Å². The number of nitrogens with one attached hydrogen (secondary N) is 1. The lowest BCUT2D eigenvalue weighted by molar-refractivity contribution is -0.118. The second-order valence-corrected chi connectivity index (χ2v) is 5.26. The Morgan fingerprint density at radius 2 is 1.64 bits per heavy atom. The van der Waals surface area contributed by atoms with Gasteiger partial charge in [-0.3, -0.25) is 4.79 Å². The molecule has 0 unspecified atom stereocenters. The Bertz CT molecular complexity index is 740. The molecule has 132 valence electrons. The molecule has 2 rings (SSSR count). The van der Waals surface area contributed by atoms with Crippen molar-refractivity contribution in [2.24, 2.45) is 0 Å². The molecule has 0 fully saturated rings. The lowest BCUT2D eigenvalue weighted by Crippen LogP contribution is -2.21. The van der Waals surface area contributed by atoms with Crippen molar-refractivity contribution in [1.29, 1.82) is 0 Å². The van der Waals surface area contributed by atoms with Crippen LogP contribution in [0.5, 0.6) is 11.5 Å². The highest BCUT2D eigenvalue weighted by molar-refractivity contribution is 5.95. The van der Waals surface area contributed by atoms with Crippen LogP contribution in [-0.2, 0) is 9.53 Å². The number of hydrogen-bond donors (Lipinski definition) is 1. The van der Waals surface area contributed by atoms with Gasteiger partial charge in [-0.1, -0.05) is 6.07 Å². The number of ether oxygens (including phenoxy) is 3. The maximum atomic E-state index is 12.1. The zero-order chi connectivity index (χ0) is 18.2. The fraction of sp³-hybridized carbons (Fsp3) is 0.263. The molecule has 0 saturated heterocycles. The number of carbonyl (C=O) groups excluding carboxylic acids is 2. The number of carbonyl (C=O) groups is 2. The van der Waals surface area contributed by atoms with Gasteiger partial charge in [0.05, 0.1) is 19.3 Å². The molecular weight excluding hydrogens is 322 g/mol. The summed E-state index contributed by atoms with van der Waals surface area (Å²) in [5, 5.41) is 2.74. The van der Waals surface area contributed by atoms with Crippen LogP contribution in [0.25, 0.3) is 0 Å². The summed E-state index contributed by atoms with van der Waals surface area (Å²) in [7, 11) is 1.31. The van der Waals surface area contributed by atoms with Crippen molar-refractivity contribution < 1.29 is 23.8 Å². The topological polar surface area (TPSA) is 73.9 Å². The second kappa shape index (κ2) is 8.73. The highest BCUT2D eigenvalue weighted by Crippen LogP contribution is 2.19. The standard InChI is InChI=1S/C19H21NO5/c1-4-24-15-7-9-16(10-8-15)25-12-18(21)20-17-11-14(19(22)23-3)6-5-13(17)2/h5-11H,4,12H2,1-3H3,(H,20,21). The molecule has 0 aliphatic rings. The van der Waals surface area contributed by atoms with Crippen molar-refractivity contribution in [3.63, 3.8) is 0 Å². The molecule has 0 bridgehead atoms. The van der Waals surface area contributed by atoms with Gasteiger partial charge in [-0.15, -0.1) is 0 Å². The molecule has 0 heterocycles. The summed E-state index contributed by atoms with van der Waals surface area (Å²) in [6, 6.07) is 12.0. The minimum Gasteiger partial charge on any atom is -0.494 e. The number of esters is 1. The van der Waals surface area contributed by atoms with Crippen LogP contribution in [-0.4, -0.2) is 32.2 Å². The minimum atomic E-state index is -0.457. The van der Waals surface area contributed by atoms with Crippen LogP contribution >= 0.6 is 0 Å². The maximum Gasteiger partial charge on any atom is 0.337 e. The molecule has 1 N–H and O–H groups in total. The molecule has 0 spiro atoms. The largest absolute Gasteiger partial charge is 0.494 e. The fourth-order valence-electron chi connectivity index (χ4n) is 2.14. The zero-order valence-corrected chi connectivity index (χ0v) is 14.5. The molecule has 2 aromatic rings. The smallest absolute Gasteiger partial charge is 0.337 e. The van der Waals surface area contributed by atoms with E-state index in [9.17, 15) is 9.59 Å². The van der Waals surface area contributed by atoms with E-state index < -0.39 is 5.97 Å². The fourth-order valence-corrected chi connectivity index (χ4v) is 2.14. The minimum absolute atomic E-state index is 0.143. The van der Waals surface area contributed by atoms with Gasteiger partial charge >= 0.3 is 5.97 Å². The SMILES string of the molecule is CCOc1ccc(OCC(=O)Nc2cc(C(=O)OC)ccc2C)cc1. The van der Waals surface area contributed by atoms with Crippen molar-refractivity contribution in [3.8, 4) is 11.5 Å². The molecule has 6 nitrogen and oxygen atoms in total. The zero-order valence-electron chi connectivity index (χ0n) is 14.5. The summed E-state index contributed by atoms with van der Waals surface area (Å²) in [5.74, 6) is 0.535. The van der Waals surface area contributed by atoms with E-state index in [1.165, 1.54) is 7.11 Å². The van der Waals surface area contributed by atoms with E-state index >= 15 is 0 Å². The van der Waals surface area contributed by atoms with Crippen LogP contribution in [0.3, 0.4) is 0 Å². The summed E-state index contributed by atoms with van der Waals surface area (Å²) >= 11 is 0. The Morgan fingerprint density at radius 3 is 2.24 bits per heavy atom. The number of anilines is 1. The van der Waals surface area contributed by atoms with E-state index in [1.807, 2.05) is 13.8 Å². The van der Waals surface area contributed by atoms with Crippen molar-refractivity contribution in [2.45, 2.75) is 13.8 Å². The van der Waals surface area contributed by atoms with E-state index in [-0.39, 0.29) is 12.5 Å². The van der Waals surface area contributed by atoms with Crippen LogP contribution in [0, 0.1) is 6.92 Å². The Balaban J connectivity index is 1.94. The molecule has 2 aromatic carbocycles. The van der Waals surface area contributed by atoms with E-state index in [0.29, 0.717) is 23.6 Å². The molecule has 0 aliphatic carbocycles. The summed E-state index contributed by atoms with van der Waals surface area (Å²) < 4.78 is 15.5. The lowest BCUT2D eigenvalue weighted by Gasteiger charge is -2.11. The predicted molar refractivity (Wildman–Crippen MR) is 94.3 cm³/mol. The first kappa shape index (κ1) is 18.3. The van der Waals surface area contributed by atoms with Gasteiger partial charge in [0.15, 0.2) is 6.61 Å². The average Bonchev–Trinajstić information content (AvgIpc) is 2.62. The molecular formula is C19H21NO5. The molecule has 0 saturated carbocycles. The number of aryl methyl sites for hydroxylation is 1. The Labute approximate surface area is 146 Å². The Morgan fingerprint density at radius 1 is 1.00 bits per heavy atom. The Hall–Kier alpha value is -3.02. The van der Waals surface area contributed by atoms with Gasteiger partial charge < -0.3 is 19.5 Å². The molecule has 1 amide bonds. The number of benzene rings is 2. The predicted octanol–water partition coefficient (Wildman–Crippen LogP) is 3.20. The number of amides is 1. The highest BCUT2D eigenvalue weighted by Gasteiger charge is 2.11. The van der Waals surface area contributed by atoms with E-state index in [4.69, 9.17) is 9.47 Å². The summed E-state index contributed by atoms with van der Waals surface area (Å²) in [6.45, 7) is 4.19. The highest BCUT2D eigenvalue weighted by atomic mass is 16.5. The van der Waals surface area contributed by atoms with Crippen molar-refractivity contribution in [3.05, 3.63) is 53.6 Å². The molecule has 0 atom stereocenters. The third-order valence-electron chi connectivity index (χ3n) is 3.44. The molecule has 6 heteroatoms. The van der Waals surface area contributed by atoms with Crippen LogP contribution in [0.4, 0.5) is 5.69 Å². The summed E-state index contributed by atoms with van der Waals surface area (Å²) in [5.41, 5.74) is 1.75. The molecule has 0 aliphatic heterocycles. The van der Waals surface area contributed by atoms with Crippen LogP contribution in [0.15, 0.2) is 42.5 Å². The van der Waals surface area contributed by atoms with Gasteiger partial charge in [0, 0.05) is 5.69 Å². The lowest BCUT2D eigenvalue weighted by atomic mass is 10.1. The van der Waals surface area contributed by atoms with Gasteiger partial charge in [-0.25, -0.2) is 4.79 Å². The maximum absolute atomic E-state index is 12.1. The second-order valence-electron chi connectivity index (χ2n) is 5.26. The van der Waals surface area contributed by atoms with Gasteiger partial charge in [0.1, 0.15) is 11.5 Å². The normalized spacial score (nSPS) is 10.0. The average molecular weight is 343 g/mol. The number of rotatable bonds is 7. The van der Waals surface area contributed by atoms with Crippen molar-refractivity contribution >= 4 is 17.6 Å². The first-order chi connectivity index (χ1) is 12.0. The third-order valence-corrected chi connectivity index (χ3v) is 3.44. The number of hydrogen-bond acceptors (Lipinski definition) is 5. The number of methoxy groups -OCH3 is 1. The van der Waals surface area contributed by atoms with Crippen molar-refractivity contribution in [1.82, 2.24) is 0 Å². The van der Waals surface area contributed by atoms with E-state index in [2.05, 4.69) is 10.1 Å². The molecule has 0 radical (unpaired) electrons. The van der Waals surface area contributed by atoms with Crippen LogP contribution in [0.2, 0.25) is 0 Å². The van der Waals surface area contributed by atoms with Crippen molar-refractivity contribution in [2.75, 3.05) is 25.6 Å². The van der Waals surface area contributed by atoms with E-state index in [1.54, 1.807) is 42.5 Å². The van der Waals surface area contributed by atoms with Gasteiger partial charge in [-0.2, -0.15) is 0 Å². The van der Waals surface area contributed by atoms with Crippen LogP contribution < -0.4 is 14.8 Å². The third kappa shape index (κ3) is 5.24. The van der Waals surface area contributed by atoms with Gasteiger partial charge in [0.2, 0.25) is 0 Å². The van der Waals surface area contributed by atoms with Gasteiger partial charge in [-0.05, 0) is 55.8 Å². The summed E-state index contributed by atoms with van der Waals surface area (Å²) in [6.07, 6.45) is 0. The molecule has 25 heavy (non-hydrogen) atoms. The van der Waals surface area contributed by atoms with Gasteiger partial charge in [0.25, 0.3) is 5.91 Å². The first-order valence-electron chi connectivity index (χ1n) is 7.88. The Kier molecular flexibility index (Phi) is 6.39. The summed E-state index contributed by atoms with van der Waals surface area (Å²) in [4.78, 5) is 23.7. The quantitative estimate of drug-likeness (QED) is 0.782. The first-order valence-corrected chi connectivity index (χ1v) is 7.88.